The number of nitrogens with two attached hydrogens (primary N) is 2. The van der Waals surface area contributed by atoms with E-state index in [2.05, 4.69) is 10.3 Å². The average Bonchev–Trinajstić information content (AvgIpc) is 2.94. The van der Waals surface area contributed by atoms with Gasteiger partial charge in [0.05, 0.1) is 16.1 Å². The number of alkyl halides is 3. The molecule has 12 heteroatoms. The molecule has 0 bridgehead atoms. The molecule has 0 fully saturated rings. The predicted molar refractivity (Wildman–Crippen MR) is 87.5 cm³/mol. The van der Waals surface area contributed by atoms with Crippen LogP contribution in [0.2, 0.25) is 0 Å². The molecule has 0 aliphatic rings. The molecule has 0 amide bonds. The Labute approximate surface area is 150 Å². The summed E-state index contributed by atoms with van der Waals surface area (Å²) >= 11 is 0. The molecule has 1 heterocycles. The van der Waals surface area contributed by atoms with Crippen LogP contribution in [0, 0.1) is 5.82 Å². The van der Waals surface area contributed by atoms with E-state index in [-0.39, 0.29) is 22.0 Å². The van der Waals surface area contributed by atoms with Crippen molar-refractivity contribution in [3.63, 3.8) is 0 Å². The van der Waals surface area contributed by atoms with Crippen molar-refractivity contribution in [2.24, 2.45) is 5.14 Å². The van der Waals surface area contributed by atoms with Crippen molar-refractivity contribution < 1.29 is 26.0 Å². The quantitative estimate of drug-likeness (QED) is 0.654. The number of nitrogen functional groups attached to an aromatic ring is 1. The Hall–Kier alpha value is -2.99. The highest BCUT2D eigenvalue weighted by Crippen LogP contribution is 2.34. The lowest BCUT2D eigenvalue weighted by atomic mass is 10.1. The van der Waals surface area contributed by atoms with Crippen LogP contribution < -0.4 is 10.9 Å². The van der Waals surface area contributed by atoms with Gasteiger partial charge in [-0.05, 0) is 42.5 Å². The maximum Gasteiger partial charge on any atom is 0.416 e. The van der Waals surface area contributed by atoms with Gasteiger partial charge < -0.3 is 5.73 Å². The smallest absolute Gasteiger partial charge is 0.382 e. The van der Waals surface area contributed by atoms with Gasteiger partial charge in [0.25, 0.3) is 0 Å². The number of sulfonamides is 1. The molecule has 3 rings (SSSR count). The van der Waals surface area contributed by atoms with Crippen LogP contribution >= 0.6 is 0 Å². The van der Waals surface area contributed by atoms with E-state index in [4.69, 9.17) is 10.9 Å². The van der Waals surface area contributed by atoms with Gasteiger partial charge >= 0.3 is 6.18 Å². The molecule has 0 saturated heterocycles. The second-order valence-corrected chi connectivity index (χ2v) is 7.03. The summed E-state index contributed by atoms with van der Waals surface area (Å²) in [7, 11) is -3.89. The van der Waals surface area contributed by atoms with Gasteiger partial charge in [0.15, 0.2) is 5.82 Å². The molecule has 7 nitrogen and oxygen atoms in total. The SMILES string of the molecule is Nc1c(-c2ccc(C(F)(F)F)cc2F)nnn1-c1ccc(S(N)(=O)=O)cc1. The summed E-state index contributed by atoms with van der Waals surface area (Å²) in [6.45, 7) is 0. The first-order valence-corrected chi connectivity index (χ1v) is 8.74. The number of hydrogen-bond acceptors (Lipinski definition) is 5. The lowest BCUT2D eigenvalue weighted by Crippen LogP contribution is -2.12. The zero-order valence-electron chi connectivity index (χ0n) is 13.3. The minimum atomic E-state index is -4.69. The summed E-state index contributed by atoms with van der Waals surface area (Å²) in [5.74, 6) is -1.30. The fourth-order valence-corrected chi connectivity index (χ4v) is 2.85. The van der Waals surface area contributed by atoms with Crippen molar-refractivity contribution >= 4 is 15.8 Å². The molecule has 2 aromatic carbocycles. The monoisotopic (exact) mass is 401 g/mol. The van der Waals surface area contributed by atoms with Crippen LogP contribution in [0.4, 0.5) is 23.4 Å². The summed E-state index contributed by atoms with van der Waals surface area (Å²) in [4.78, 5) is -0.140. The van der Waals surface area contributed by atoms with E-state index in [1.165, 1.54) is 24.3 Å². The fraction of sp³-hybridized carbons (Fsp3) is 0.0667. The van der Waals surface area contributed by atoms with E-state index < -0.39 is 27.6 Å². The molecule has 0 radical (unpaired) electrons. The largest absolute Gasteiger partial charge is 0.416 e. The molecule has 1 aromatic heterocycles. The Morgan fingerprint density at radius 3 is 2.19 bits per heavy atom. The lowest BCUT2D eigenvalue weighted by molar-refractivity contribution is -0.137. The third kappa shape index (κ3) is 3.61. The highest BCUT2D eigenvalue weighted by Gasteiger charge is 2.31. The number of anilines is 1. The van der Waals surface area contributed by atoms with Crippen LogP contribution in [0.1, 0.15) is 5.56 Å². The molecule has 142 valence electrons. The summed E-state index contributed by atoms with van der Waals surface area (Å²) in [5.41, 5.74) is 4.63. The van der Waals surface area contributed by atoms with Crippen LogP contribution in [-0.2, 0) is 16.2 Å². The Kier molecular flexibility index (Phi) is 4.40. The molecule has 0 spiro atoms. The maximum atomic E-state index is 14.1. The molecule has 0 aliphatic carbocycles. The molecule has 0 saturated carbocycles. The summed E-state index contributed by atoms with van der Waals surface area (Å²) in [6, 6.07) is 7.07. The molecule has 0 aliphatic heterocycles. The summed E-state index contributed by atoms with van der Waals surface area (Å²) in [6.07, 6.45) is -4.69. The summed E-state index contributed by atoms with van der Waals surface area (Å²) < 4.78 is 75.7. The minimum Gasteiger partial charge on any atom is -0.382 e. The van der Waals surface area contributed by atoms with Gasteiger partial charge in [-0.15, -0.1) is 5.10 Å². The number of halogens is 4. The molecule has 0 atom stereocenters. The average molecular weight is 401 g/mol. The first-order valence-electron chi connectivity index (χ1n) is 7.20. The molecular weight excluding hydrogens is 390 g/mol. The second kappa shape index (κ2) is 6.32. The predicted octanol–water partition coefficient (Wildman–Crippen LogP) is 2.32. The Morgan fingerprint density at radius 1 is 1.04 bits per heavy atom. The van der Waals surface area contributed by atoms with E-state index >= 15 is 0 Å². The topological polar surface area (TPSA) is 117 Å². The van der Waals surface area contributed by atoms with Gasteiger partial charge in [0, 0.05) is 5.56 Å². The number of nitrogens with zero attached hydrogens (tertiary/aromatic N) is 3. The number of rotatable bonds is 3. The Bertz CT molecular complexity index is 1110. The van der Waals surface area contributed by atoms with Crippen molar-refractivity contribution in [3.05, 3.63) is 53.8 Å². The van der Waals surface area contributed by atoms with E-state index in [1.807, 2.05) is 0 Å². The van der Waals surface area contributed by atoms with Crippen LogP contribution in [0.3, 0.4) is 0 Å². The zero-order valence-corrected chi connectivity index (χ0v) is 14.1. The van der Waals surface area contributed by atoms with E-state index in [0.717, 1.165) is 10.7 Å². The van der Waals surface area contributed by atoms with Gasteiger partial charge in [-0.1, -0.05) is 5.21 Å². The Balaban J connectivity index is 2.01. The molecular formula is C15H11F4N5O2S. The molecule has 3 aromatic rings. The standard InChI is InChI=1S/C15H11F4N5O2S/c16-12-7-8(15(17,18)19)1-6-11(12)13-14(20)24(23-22-13)9-2-4-10(5-3-9)27(21,25)26/h1-7H,20H2,(H2,21,25,26). The van der Waals surface area contributed by atoms with Crippen molar-refractivity contribution in [2.45, 2.75) is 11.1 Å². The van der Waals surface area contributed by atoms with Gasteiger partial charge in [-0.25, -0.2) is 17.9 Å². The third-order valence-corrected chi connectivity index (χ3v) is 4.60. The normalized spacial score (nSPS) is 12.3. The lowest BCUT2D eigenvalue weighted by Gasteiger charge is -2.08. The summed E-state index contributed by atoms with van der Waals surface area (Å²) in [5, 5.41) is 12.5. The van der Waals surface area contributed by atoms with E-state index in [9.17, 15) is 26.0 Å². The third-order valence-electron chi connectivity index (χ3n) is 3.67. The molecule has 4 N–H and O–H groups in total. The zero-order chi connectivity index (χ0) is 20.0. The van der Waals surface area contributed by atoms with Crippen molar-refractivity contribution in [1.82, 2.24) is 15.0 Å². The van der Waals surface area contributed by atoms with E-state index in [0.29, 0.717) is 17.8 Å². The maximum absolute atomic E-state index is 14.1. The second-order valence-electron chi connectivity index (χ2n) is 5.47. The van der Waals surface area contributed by atoms with Crippen LogP contribution in [0.25, 0.3) is 16.9 Å². The highest BCUT2D eigenvalue weighted by atomic mass is 32.2. The first kappa shape index (κ1) is 18.8. The van der Waals surface area contributed by atoms with Crippen LogP contribution in [0.15, 0.2) is 47.4 Å². The van der Waals surface area contributed by atoms with Gasteiger partial charge in [0.1, 0.15) is 11.5 Å². The van der Waals surface area contributed by atoms with Gasteiger partial charge in [0.2, 0.25) is 10.0 Å². The van der Waals surface area contributed by atoms with Crippen molar-refractivity contribution in [2.75, 3.05) is 5.73 Å². The minimum absolute atomic E-state index is 0.140. The van der Waals surface area contributed by atoms with E-state index in [1.54, 1.807) is 0 Å². The number of hydrogen-bond donors (Lipinski definition) is 2. The molecule has 27 heavy (non-hydrogen) atoms. The first-order chi connectivity index (χ1) is 12.5. The van der Waals surface area contributed by atoms with Gasteiger partial charge in [-0.3, -0.25) is 0 Å². The van der Waals surface area contributed by atoms with Crippen LogP contribution in [0.5, 0.6) is 0 Å². The molecule has 0 unspecified atom stereocenters. The number of benzene rings is 2. The van der Waals surface area contributed by atoms with Crippen molar-refractivity contribution in [1.29, 1.82) is 0 Å². The van der Waals surface area contributed by atoms with Crippen LogP contribution in [-0.4, -0.2) is 23.4 Å². The number of primary sulfonamides is 1. The fourth-order valence-electron chi connectivity index (χ4n) is 2.33. The van der Waals surface area contributed by atoms with Gasteiger partial charge in [-0.2, -0.15) is 17.9 Å². The van der Waals surface area contributed by atoms with Crippen molar-refractivity contribution in [3.8, 4) is 16.9 Å². The Morgan fingerprint density at radius 2 is 1.67 bits per heavy atom. The highest BCUT2D eigenvalue weighted by molar-refractivity contribution is 7.89. The number of aromatic nitrogens is 3.